The van der Waals surface area contributed by atoms with Crippen LogP contribution in [0.15, 0.2) is 24.3 Å². The topological polar surface area (TPSA) is 63.6 Å². The SMILES string of the molecule is CCOC(=O)C(CC(CC)CCCc1ccc(Cl)cc1)C(=O)O. The highest BCUT2D eigenvalue weighted by atomic mass is 35.5. The molecule has 1 aromatic carbocycles. The van der Waals surface area contributed by atoms with Crippen molar-refractivity contribution in [3.05, 3.63) is 34.9 Å². The summed E-state index contributed by atoms with van der Waals surface area (Å²) in [6.07, 6.45) is 3.96. The summed E-state index contributed by atoms with van der Waals surface area (Å²) in [6.45, 7) is 3.91. The van der Waals surface area contributed by atoms with Crippen LogP contribution in [0.5, 0.6) is 0 Å². The Morgan fingerprint density at radius 2 is 1.87 bits per heavy atom. The highest BCUT2D eigenvalue weighted by molar-refractivity contribution is 6.30. The van der Waals surface area contributed by atoms with Gasteiger partial charge in [0.25, 0.3) is 0 Å². The fraction of sp³-hybridized carbons (Fsp3) is 0.556. The van der Waals surface area contributed by atoms with Crippen molar-refractivity contribution in [2.45, 2.75) is 46.0 Å². The number of hydrogen-bond acceptors (Lipinski definition) is 3. The third kappa shape index (κ3) is 7.04. The fourth-order valence-corrected chi connectivity index (χ4v) is 2.73. The standard InChI is InChI=1S/C18H25ClO4/c1-3-13(12-16(17(20)21)18(22)23-4-2)6-5-7-14-8-10-15(19)11-9-14/h8-11,13,16H,3-7,12H2,1-2H3,(H,20,21). The third-order valence-electron chi connectivity index (χ3n) is 4.01. The molecule has 0 aliphatic rings. The summed E-state index contributed by atoms with van der Waals surface area (Å²) >= 11 is 5.86. The molecule has 23 heavy (non-hydrogen) atoms. The number of hydrogen-bond donors (Lipinski definition) is 1. The Kier molecular flexibility index (Phi) is 8.70. The molecule has 0 heterocycles. The predicted octanol–water partition coefficient (Wildman–Crippen LogP) is 4.34. The normalized spacial score (nSPS) is 13.3. The Morgan fingerprint density at radius 1 is 1.22 bits per heavy atom. The summed E-state index contributed by atoms with van der Waals surface area (Å²) < 4.78 is 4.86. The van der Waals surface area contributed by atoms with Crippen molar-refractivity contribution in [2.24, 2.45) is 11.8 Å². The smallest absolute Gasteiger partial charge is 0.320 e. The second-order valence-electron chi connectivity index (χ2n) is 5.67. The van der Waals surface area contributed by atoms with Crippen LogP contribution in [0.4, 0.5) is 0 Å². The van der Waals surface area contributed by atoms with Gasteiger partial charge in [0.2, 0.25) is 0 Å². The minimum atomic E-state index is -1.10. The molecule has 5 heteroatoms. The molecular formula is C18H25ClO4. The van der Waals surface area contributed by atoms with Gasteiger partial charge in [-0.25, -0.2) is 0 Å². The van der Waals surface area contributed by atoms with Crippen molar-refractivity contribution in [1.82, 2.24) is 0 Å². The van der Waals surface area contributed by atoms with E-state index in [9.17, 15) is 14.7 Å². The van der Waals surface area contributed by atoms with Crippen molar-refractivity contribution >= 4 is 23.5 Å². The molecule has 0 aliphatic carbocycles. The molecule has 2 unspecified atom stereocenters. The maximum atomic E-state index is 11.7. The lowest BCUT2D eigenvalue weighted by Gasteiger charge is -2.19. The fourth-order valence-electron chi connectivity index (χ4n) is 2.61. The first kappa shape index (κ1) is 19.5. The van der Waals surface area contributed by atoms with Crippen molar-refractivity contribution in [3.63, 3.8) is 0 Å². The molecule has 0 fully saturated rings. The number of benzene rings is 1. The van der Waals surface area contributed by atoms with Crippen LogP contribution in [0.2, 0.25) is 5.02 Å². The average Bonchev–Trinajstić information content (AvgIpc) is 2.52. The summed E-state index contributed by atoms with van der Waals surface area (Å²) in [7, 11) is 0. The van der Waals surface area contributed by atoms with Crippen LogP contribution in [0.25, 0.3) is 0 Å². The van der Waals surface area contributed by atoms with Crippen molar-refractivity contribution in [3.8, 4) is 0 Å². The van der Waals surface area contributed by atoms with Crippen LogP contribution in [0.3, 0.4) is 0 Å². The number of carboxylic acids is 1. The minimum absolute atomic E-state index is 0.202. The van der Waals surface area contributed by atoms with Gasteiger partial charge in [0.05, 0.1) is 6.61 Å². The van der Waals surface area contributed by atoms with Crippen LogP contribution >= 0.6 is 11.6 Å². The number of halogens is 1. The van der Waals surface area contributed by atoms with E-state index in [0.29, 0.717) is 6.42 Å². The highest BCUT2D eigenvalue weighted by Crippen LogP contribution is 2.23. The van der Waals surface area contributed by atoms with Gasteiger partial charge >= 0.3 is 11.9 Å². The number of esters is 1. The lowest BCUT2D eigenvalue weighted by molar-refractivity contribution is -0.159. The van der Waals surface area contributed by atoms with E-state index in [0.717, 1.165) is 30.7 Å². The van der Waals surface area contributed by atoms with E-state index in [1.165, 1.54) is 5.56 Å². The second-order valence-corrected chi connectivity index (χ2v) is 6.11. The van der Waals surface area contributed by atoms with Crippen LogP contribution in [0.1, 0.15) is 45.1 Å². The second kappa shape index (κ2) is 10.3. The van der Waals surface area contributed by atoms with Crippen LogP contribution < -0.4 is 0 Å². The van der Waals surface area contributed by atoms with E-state index < -0.39 is 17.9 Å². The van der Waals surface area contributed by atoms with E-state index in [-0.39, 0.29) is 12.5 Å². The predicted molar refractivity (Wildman–Crippen MR) is 90.5 cm³/mol. The van der Waals surface area contributed by atoms with Gasteiger partial charge in [-0.2, -0.15) is 0 Å². The van der Waals surface area contributed by atoms with Crippen molar-refractivity contribution in [2.75, 3.05) is 6.61 Å². The molecule has 4 nitrogen and oxygen atoms in total. The summed E-state index contributed by atoms with van der Waals surface area (Å²) in [5.41, 5.74) is 1.21. The molecule has 0 bridgehead atoms. The van der Waals surface area contributed by atoms with Crippen LogP contribution in [-0.4, -0.2) is 23.7 Å². The van der Waals surface area contributed by atoms with Gasteiger partial charge in [-0.05, 0) is 49.8 Å². The van der Waals surface area contributed by atoms with E-state index in [2.05, 4.69) is 0 Å². The summed E-state index contributed by atoms with van der Waals surface area (Å²) in [4.78, 5) is 23.0. The molecule has 1 rings (SSSR count). The van der Waals surface area contributed by atoms with E-state index in [1.807, 2.05) is 31.2 Å². The van der Waals surface area contributed by atoms with Crippen molar-refractivity contribution < 1.29 is 19.4 Å². The maximum Gasteiger partial charge on any atom is 0.320 e. The summed E-state index contributed by atoms with van der Waals surface area (Å²) in [5, 5.41) is 9.95. The number of carboxylic acid groups (broad SMARTS) is 1. The largest absolute Gasteiger partial charge is 0.481 e. The molecule has 0 spiro atoms. The molecule has 1 N–H and O–H groups in total. The van der Waals surface area contributed by atoms with Crippen molar-refractivity contribution in [1.29, 1.82) is 0 Å². The van der Waals surface area contributed by atoms with E-state index in [1.54, 1.807) is 6.92 Å². The van der Waals surface area contributed by atoms with Gasteiger partial charge in [-0.3, -0.25) is 9.59 Å². The number of aryl methyl sites for hydroxylation is 1. The Labute approximate surface area is 142 Å². The monoisotopic (exact) mass is 340 g/mol. The molecule has 128 valence electrons. The van der Waals surface area contributed by atoms with Gasteiger partial charge in [0.1, 0.15) is 0 Å². The van der Waals surface area contributed by atoms with Gasteiger partial charge in [0.15, 0.2) is 5.92 Å². The molecule has 0 saturated heterocycles. The van der Waals surface area contributed by atoms with Gasteiger partial charge < -0.3 is 9.84 Å². The lowest BCUT2D eigenvalue weighted by Crippen LogP contribution is -2.28. The maximum absolute atomic E-state index is 11.7. The zero-order valence-corrected chi connectivity index (χ0v) is 14.5. The first-order valence-electron chi connectivity index (χ1n) is 8.11. The molecule has 0 saturated carbocycles. The summed E-state index contributed by atoms with van der Waals surface area (Å²) in [6, 6.07) is 7.74. The zero-order valence-electron chi connectivity index (χ0n) is 13.8. The zero-order chi connectivity index (χ0) is 17.2. The van der Waals surface area contributed by atoms with E-state index >= 15 is 0 Å². The first-order valence-corrected chi connectivity index (χ1v) is 8.49. The molecule has 0 aromatic heterocycles. The van der Waals surface area contributed by atoms with Gasteiger partial charge in [0, 0.05) is 5.02 Å². The number of carbonyl (C=O) groups excluding carboxylic acids is 1. The van der Waals surface area contributed by atoms with Gasteiger partial charge in [-0.15, -0.1) is 0 Å². The number of carbonyl (C=O) groups is 2. The molecular weight excluding hydrogens is 316 g/mol. The Balaban J connectivity index is 2.49. The first-order chi connectivity index (χ1) is 11.0. The summed E-state index contributed by atoms with van der Waals surface area (Å²) in [5.74, 6) is -2.58. The Morgan fingerprint density at radius 3 is 2.39 bits per heavy atom. The number of aliphatic carboxylic acids is 1. The minimum Gasteiger partial charge on any atom is -0.481 e. The highest BCUT2D eigenvalue weighted by Gasteiger charge is 2.30. The number of rotatable bonds is 10. The van der Waals surface area contributed by atoms with Gasteiger partial charge in [-0.1, -0.05) is 43.5 Å². The third-order valence-corrected chi connectivity index (χ3v) is 4.26. The molecule has 0 amide bonds. The van der Waals surface area contributed by atoms with Crippen LogP contribution in [0, 0.1) is 11.8 Å². The van der Waals surface area contributed by atoms with Crippen LogP contribution in [-0.2, 0) is 20.7 Å². The van der Waals surface area contributed by atoms with E-state index in [4.69, 9.17) is 16.3 Å². The average molecular weight is 341 g/mol. The molecule has 0 radical (unpaired) electrons. The molecule has 0 aliphatic heterocycles. The molecule has 2 atom stereocenters. The lowest BCUT2D eigenvalue weighted by atomic mass is 9.88. The Bertz CT molecular complexity index is 498. The molecule has 1 aromatic rings. The Hall–Kier alpha value is -1.55. The quantitative estimate of drug-likeness (QED) is 0.508. The number of ether oxygens (including phenoxy) is 1.